The van der Waals surface area contributed by atoms with Gasteiger partial charge < -0.3 is 13.7 Å². The fraction of sp³-hybridized carbons (Fsp3) is 0.200. The molecule has 164 valence electrons. The number of rotatable bonds is 4. The van der Waals surface area contributed by atoms with Crippen LogP contribution in [0.1, 0.15) is 35.5 Å². The number of nitriles is 1. The fourth-order valence-electron chi connectivity index (χ4n) is 4.35. The molecule has 0 fully saturated rings. The van der Waals surface area contributed by atoms with Gasteiger partial charge in [-0.25, -0.2) is 4.79 Å². The summed E-state index contributed by atoms with van der Waals surface area (Å²) in [4.78, 5) is 17.4. The molecule has 3 aromatic heterocycles. The van der Waals surface area contributed by atoms with Crippen LogP contribution in [0.3, 0.4) is 0 Å². The van der Waals surface area contributed by atoms with E-state index in [-0.39, 0.29) is 6.04 Å². The molecule has 0 spiro atoms. The van der Waals surface area contributed by atoms with E-state index in [2.05, 4.69) is 16.2 Å². The summed E-state index contributed by atoms with van der Waals surface area (Å²) in [7, 11) is 1.59. The van der Waals surface area contributed by atoms with Gasteiger partial charge in [-0.05, 0) is 50.6 Å². The molecule has 0 amide bonds. The van der Waals surface area contributed by atoms with Gasteiger partial charge in [-0.1, -0.05) is 17.3 Å². The number of benzene rings is 2. The Balaban J connectivity index is 1.80. The lowest BCUT2D eigenvalue weighted by molar-refractivity contribution is 0.393. The van der Waals surface area contributed by atoms with Crippen LogP contribution in [-0.4, -0.2) is 21.8 Å². The van der Waals surface area contributed by atoms with Gasteiger partial charge in [-0.3, -0.25) is 9.55 Å². The predicted octanol–water partition coefficient (Wildman–Crippen LogP) is 4.90. The first-order valence-corrected chi connectivity index (χ1v) is 10.4. The van der Waals surface area contributed by atoms with Crippen LogP contribution in [0, 0.1) is 25.2 Å². The van der Waals surface area contributed by atoms with E-state index in [4.69, 9.17) is 13.7 Å². The van der Waals surface area contributed by atoms with Crippen LogP contribution in [0.25, 0.3) is 33.1 Å². The molecule has 1 atom stereocenters. The number of methoxy groups -OCH3 is 1. The lowest BCUT2D eigenvalue weighted by Gasteiger charge is -2.15. The van der Waals surface area contributed by atoms with Gasteiger partial charge in [0.05, 0.1) is 47.8 Å². The highest BCUT2D eigenvalue weighted by molar-refractivity contribution is 6.04. The molecule has 5 aromatic rings. The topological polar surface area (TPSA) is 107 Å². The Morgan fingerprint density at radius 2 is 2.03 bits per heavy atom. The summed E-state index contributed by atoms with van der Waals surface area (Å²) in [5.41, 5.74) is 5.41. The highest BCUT2D eigenvalue weighted by atomic mass is 16.5. The molecule has 0 N–H and O–H groups in total. The summed E-state index contributed by atoms with van der Waals surface area (Å²) >= 11 is 0. The van der Waals surface area contributed by atoms with Crippen LogP contribution in [0.4, 0.5) is 0 Å². The highest BCUT2D eigenvalue weighted by Crippen LogP contribution is 2.39. The third-order valence-electron chi connectivity index (χ3n) is 5.95. The van der Waals surface area contributed by atoms with Crippen LogP contribution in [0.5, 0.6) is 5.75 Å². The van der Waals surface area contributed by atoms with E-state index in [0.717, 1.165) is 22.4 Å². The highest BCUT2D eigenvalue weighted by Gasteiger charge is 2.23. The van der Waals surface area contributed by atoms with Crippen molar-refractivity contribution in [1.29, 1.82) is 5.26 Å². The average molecular weight is 440 g/mol. The van der Waals surface area contributed by atoms with Crippen molar-refractivity contribution in [2.45, 2.75) is 26.8 Å². The van der Waals surface area contributed by atoms with Crippen molar-refractivity contribution in [3.05, 3.63) is 75.7 Å². The molecule has 0 unspecified atom stereocenters. The smallest absolute Gasteiger partial charge is 0.420 e. The van der Waals surface area contributed by atoms with Crippen LogP contribution in [0.2, 0.25) is 0 Å². The van der Waals surface area contributed by atoms with E-state index in [9.17, 15) is 10.1 Å². The first kappa shape index (κ1) is 20.5. The number of nitrogens with zero attached hydrogens (tertiary/aromatic N) is 4. The minimum atomic E-state index is -0.497. The summed E-state index contributed by atoms with van der Waals surface area (Å²) in [5.74, 6) is 0.783. The first-order chi connectivity index (χ1) is 15.9. The molecule has 0 aliphatic rings. The van der Waals surface area contributed by atoms with Crippen molar-refractivity contribution in [2.24, 2.45) is 0 Å². The third kappa shape index (κ3) is 3.17. The van der Waals surface area contributed by atoms with E-state index in [0.29, 0.717) is 39.1 Å². The van der Waals surface area contributed by atoms with Crippen molar-refractivity contribution in [1.82, 2.24) is 14.7 Å². The number of pyridine rings is 1. The number of hydrogen-bond acceptors (Lipinski definition) is 7. The molecule has 0 saturated carbocycles. The van der Waals surface area contributed by atoms with Gasteiger partial charge in [0.2, 0.25) is 0 Å². The first-order valence-electron chi connectivity index (χ1n) is 10.4. The summed E-state index contributed by atoms with van der Waals surface area (Å²) in [6.07, 6.45) is 1.55. The van der Waals surface area contributed by atoms with Gasteiger partial charge in [-0.15, -0.1) is 0 Å². The molecule has 8 heteroatoms. The lowest BCUT2D eigenvalue weighted by Crippen LogP contribution is -2.19. The van der Waals surface area contributed by atoms with Gasteiger partial charge >= 0.3 is 5.76 Å². The van der Waals surface area contributed by atoms with Crippen molar-refractivity contribution in [3.63, 3.8) is 0 Å². The maximum atomic E-state index is 12.9. The number of fused-ring (bicyclic) bond motifs is 3. The zero-order chi connectivity index (χ0) is 23.3. The van der Waals surface area contributed by atoms with Gasteiger partial charge in [0.1, 0.15) is 17.0 Å². The number of oxazole rings is 1. The largest absolute Gasteiger partial charge is 0.496 e. The molecule has 2 aromatic carbocycles. The normalized spacial score (nSPS) is 12.2. The molecule has 5 rings (SSSR count). The van der Waals surface area contributed by atoms with E-state index in [1.165, 1.54) is 0 Å². The molecule has 8 nitrogen and oxygen atoms in total. The Morgan fingerprint density at radius 3 is 2.73 bits per heavy atom. The zero-order valence-electron chi connectivity index (χ0n) is 18.5. The molecular formula is C25H20N4O4. The molecule has 3 heterocycles. The Labute approximate surface area is 188 Å². The van der Waals surface area contributed by atoms with Gasteiger partial charge in [0, 0.05) is 10.9 Å². The standard InChI is InChI=1S/C25H20N4O4/c1-13-23(15(3)33-28-13)19-9-20-18(10-21(19)31-4)24-22(12-27-20)32-25(30)29(24)14(2)17-7-5-6-16(8-17)11-26/h5-10,12,14H,1-4H3/t14-/m1/s1. The summed E-state index contributed by atoms with van der Waals surface area (Å²) < 4.78 is 18.2. The lowest BCUT2D eigenvalue weighted by atomic mass is 10.00. The Kier molecular flexibility index (Phi) is 4.75. The second-order valence-electron chi connectivity index (χ2n) is 7.89. The second-order valence-corrected chi connectivity index (χ2v) is 7.89. The summed E-state index contributed by atoms with van der Waals surface area (Å²) in [6.45, 7) is 5.62. The molecular weight excluding hydrogens is 420 g/mol. The third-order valence-corrected chi connectivity index (χ3v) is 5.95. The van der Waals surface area contributed by atoms with Crippen LogP contribution in [0.15, 0.2) is 56.3 Å². The zero-order valence-corrected chi connectivity index (χ0v) is 18.5. The van der Waals surface area contributed by atoms with Gasteiger partial charge in [0.15, 0.2) is 5.58 Å². The van der Waals surface area contributed by atoms with Crippen molar-refractivity contribution in [3.8, 4) is 22.9 Å². The maximum Gasteiger partial charge on any atom is 0.420 e. The summed E-state index contributed by atoms with van der Waals surface area (Å²) in [6, 6.07) is 12.7. The molecule has 0 saturated heterocycles. The monoisotopic (exact) mass is 440 g/mol. The van der Waals surface area contributed by atoms with E-state index in [1.54, 1.807) is 36.1 Å². The second kappa shape index (κ2) is 7.64. The van der Waals surface area contributed by atoms with Crippen molar-refractivity contribution < 1.29 is 13.7 Å². The predicted molar refractivity (Wildman–Crippen MR) is 122 cm³/mol. The molecule has 0 aliphatic heterocycles. The molecule has 0 radical (unpaired) electrons. The fourth-order valence-corrected chi connectivity index (χ4v) is 4.35. The van der Waals surface area contributed by atoms with Crippen LogP contribution in [-0.2, 0) is 0 Å². The van der Waals surface area contributed by atoms with E-state index < -0.39 is 5.76 Å². The maximum absolute atomic E-state index is 12.9. The Bertz CT molecular complexity index is 1620. The van der Waals surface area contributed by atoms with Crippen molar-refractivity contribution >= 4 is 22.0 Å². The quantitative estimate of drug-likeness (QED) is 0.391. The molecule has 0 bridgehead atoms. The number of ether oxygens (including phenoxy) is 1. The SMILES string of the molecule is COc1cc2c(cc1-c1c(C)noc1C)ncc1oc(=O)n([C@H](C)c3cccc(C#N)c3)c12. The number of aryl methyl sites for hydroxylation is 2. The van der Waals surface area contributed by atoms with Gasteiger partial charge in [-0.2, -0.15) is 5.26 Å². The van der Waals surface area contributed by atoms with Crippen LogP contribution < -0.4 is 10.5 Å². The number of hydrogen-bond donors (Lipinski definition) is 0. The van der Waals surface area contributed by atoms with Crippen molar-refractivity contribution in [2.75, 3.05) is 7.11 Å². The number of aromatic nitrogens is 3. The molecule has 0 aliphatic carbocycles. The summed E-state index contributed by atoms with van der Waals surface area (Å²) in [5, 5.41) is 14.0. The van der Waals surface area contributed by atoms with E-state index >= 15 is 0 Å². The van der Waals surface area contributed by atoms with Crippen LogP contribution >= 0.6 is 0 Å². The minimum Gasteiger partial charge on any atom is -0.496 e. The van der Waals surface area contributed by atoms with E-state index in [1.807, 2.05) is 39.0 Å². The Hall–Kier alpha value is -4.38. The van der Waals surface area contributed by atoms with Gasteiger partial charge in [0.25, 0.3) is 0 Å². The average Bonchev–Trinajstić information content (AvgIpc) is 3.35. The molecule has 33 heavy (non-hydrogen) atoms. The minimum absolute atomic E-state index is 0.370. The Morgan fingerprint density at radius 1 is 1.21 bits per heavy atom.